The summed E-state index contributed by atoms with van der Waals surface area (Å²) in [5.41, 5.74) is -1.24. The third-order valence-electron chi connectivity index (χ3n) is 5.75. The molecule has 0 aliphatic heterocycles. The lowest BCUT2D eigenvalue weighted by atomic mass is 9.81. The quantitative estimate of drug-likeness (QED) is 0.699. The number of aliphatic hydroxyl groups excluding tert-OH is 1. The summed E-state index contributed by atoms with van der Waals surface area (Å²) in [6.07, 6.45) is 1.46. The summed E-state index contributed by atoms with van der Waals surface area (Å²) >= 11 is 5.64. The molecule has 0 saturated heterocycles. The summed E-state index contributed by atoms with van der Waals surface area (Å²) in [5.74, 6) is -0.0334. The molecule has 2 saturated carbocycles. The molecule has 1 aromatic carbocycles. The highest BCUT2D eigenvalue weighted by atomic mass is 35.5. The molecule has 2 aromatic rings. The number of benzene rings is 1. The summed E-state index contributed by atoms with van der Waals surface area (Å²) in [4.78, 5) is 12.4. The molecule has 2 aliphatic carbocycles. The second kappa shape index (κ2) is 7.55. The molecule has 2 bridgehead atoms. The van der Waals surface area contributed by atoms with Gasteiger partial charge in [0, 0.05) is 18.7 Å². The molecule has 8 nitrogen and oxygen atoms in total. The molecule has 2 aliphatic rings. The summed E-state index contributed by atoms with van der Waals surface area (Å²) in [6.45, 7) is -0.0753. The molecule has 3 unspecified atom stereocenters. The van der Waals surface area contributed by atoms with Gasteiger partial charge in [0.2, 0.25) is 11.8 Å². The zero-order chi connectivity index (χ0) is 20.6. The van der Waals surface area contributed by atoms with Gasteiger partial charge in [-0.15, -0.1) is 10.2 Å². The van der Waals surface area contributed by atoms with E-state index in [2.05, 4.69) is 15.5 Å². The zero-order valence-corrected chi connectivity index (χ0v) is 16.5. The normalized spacial score (nSPS) is 27.9. The van der Waals surface area contributed by atoms with Gasteiger partial charge in [-0.25, -0.2) is 4.39 Å². The number of ether oxygens (including phenoxy) is 2. The van der Waals surface area contributed by atoms with Crippen molar-refractivity contribution in [2.75, 3.05) is 13.7 Å². The van der Waals surface area contributed by atoms with Crippen molar-refractivity contribution in [2.45, 2.75) is 49.3 Å². The standard InChI is InChI=1S/C19H21ClFN3O5/c1-27-9-16-23-24-17(29-16)19-5-4-18(10-19,7-14(19)25)22-15(26)8-28-11-2-3-12(20)13(21)6-11/h2-3,6,14,25H,4-5,7-10H2,1H3,(H,22,26). The van der Waals surface area contributed by atoms with Crippen molar-refractivity contribution in [1.82, 2.24) is 15.5 Å². The van der Waals surface area contributed by atoms with Crippen molar-refractivity contribution in [1.29, 1.82) is 0 Å². The largest absolute Gasteiger partial charge is 0.484 e. The lowest BCUT2D eigenvalue weighted by molar-refractivity contribution is -0.125. The Bertz CT molecular complexity index is 925. The number of hydrogen-bond donors (Lipinski definition) is 2. The molecule has 2 N–H and O–H groups in total. The Morgan fingerprint density at radius 1 is 1.45 bits per heavy atom. The highest BCUT2D eigenvalue weighted by Crippen LogP contribution is 2.57. The molecule has 10 heteroatoms. The van der Waals surface area contributed by atoms with E-state index in [0.717, 1.165) is 6.07 Å². The average Bonchev–Trinajstić information content (AvgIpc) is 3.35. The van der Waals surface area contributed by atoms with E-state index < -0.39 is 22.9 Å². The van der Waals surface area contributed by atoms with E-state index in [-0.39, 0.29) is 29.9 Å². The van der Waals surface area contributed by atoms with Crippen LogP contribution in [0.1, 0.15) is 37.5 Å². The maximum absolute atomic E-state index is 13.5. The number of nitrogens with one attached hydrogen (secondary N) is 1. The Balaban J connectivity index is 1.40. The van der Waals surface area contributed by atoms with E-state index in [1.807, 2.05) is 0 Å². The summed E-state index contributed by atoms with van der Waals surface area (Å²) in [7, 11) is 1.53. The fourth-order valence-electron chi connectivity index (χ4n) is 4.43. The topological polar surface area (TPSA) is 107 Å². The minimum Gasteiger partial charge on any atom is -0.484 e. The number of fused-ring (bicyclic) bond motifs is 2. The van der Waals surface area contributed by atoms with E-state index in [1.54, 1.807) is 0 Å². The van der Waals surface area contributed by atoms with Gasteiger partial charge in [-0.3, -0.25) is 4.79 Å². The van der Waals surface area contributed by atoms with Gasteiger partial charge in [0.15, 0.2) is 6.61 Å². The van der Waals surface area contributed by atoms with Crippen LogP contribution in [0.5, 0.6) is 5.75 Å². The third-order valence-corrected chi connectivity index (χ3v) is 6.06. The third kappa shape index (κ3) is 3.70. The minimum atomic E-state index is -0.710. The molecular weight excluding hydrogens is 405 g/mol. The van der Waals surface area contributed by atoms with Crippen LogP contribution in [-0.2, 0) is 21.6 Å². The van der Waals surface area contributed by atoms with Crippen LogP contribution in [0.15, 0.2) is 22.6 Å². The first-order valence-electron chi connectivity index (χ1n) is 9.25. The van der Waals surface area contributed by atoms with Gasteiger partial charge in [0.1, 0.15) is 18.2 Å². The van der Waals surface area contributed by atoms with Gasteiger partial charge < -0.3 is 24.3 Å². The van der Waals surface area contributed by atoms with Crippen molar-refractivity contribution in [3.8, 4) is 5.75 Å². The SMILES string of the molecule is COCc1nnc(C23CCC(NC(=O)COc4ccc(Cl)c(F)c4)(CC2O)C3)o1. The Hall–Kier alpha value is -2.23. The van der Waals surface area contributed by atoms with E-state index in [4.69, 9.17) is 25.5 Å². The van der Waals surface area contributed by atoms with E-state index >= 15 is 0 Å². The van der Waals surface area contributed by atoms with Gasteiger partial charge in [0.05, 0.1) is 16.5 Å². The molecule has 156 valence electrons. The first-order valence-corrected chi connectivity index (χ1v) is 9.62. The fraction of sp³-hybridized carbons (Fsp3) is 0.526. The van der Waals surface area contributed by atoms with Gasteiger partial charge in [-0.1, -0.05) is 11.6 Å². The predicted octanol–water partition coefficient (Wildman–Crippen LogP) is 2.13. The van der Waals surface area contributed by atoms with E-state index in [0.29, 0.717) is 37.5 Å². The Morgan fingerprint density at radius 2 is 2.28 bits per heavy atom. The maximum Gasteiger partial charge on any atom is 0.258 e. The number of nitrogens with zero attached hydrogens (tertiary/aromatic N) is 2. The van der Waals surface area contributed by atoms with Gasteiger partial charge >= 0.3 is 0 Å². The van der Waals surface area contributed by atoms with Crippen molar-refractivity contribution in [3.05, 3.63) is 40.8 Å². The van der Waals surface area contributed by atoms with Crippen LogP contribution < -0.4 is 10.1 Å². The van der Waals surface area contributed by atoms with Gasteiger partial charge in [-0.2, -0.15) is 0 Å². The van der Waals surface area contributed by atoms with Crippen LogP contribution >= 0.6 is 11.6 Å². The molecule has 1 amide bonds. The van der Waals surface area contributed by atoms with Crippen LogP contribution in [-0.4, -0.2) is 46.6 Å². The number of halogens is 2. The number of hydrogen-bond acceptors (Lipinski definition) is 7. The van der Waals surface area contributed by atoms with Crippen molar-refractivity contribution in [2.24, 2.45) is 0 Å². The predicted molar refractivity (Wildman–Crippen MR) is 98.9 cm³/mol. The van der Waals surface area contributed by atoms with Crippen molar-refractivity contribution >= 4 is 17.5 Å². The Morgan fingerprint density at radius 3 is 3.00 bits per heavy atom. The molecule has 0 spiro atoms. The molecule has 29 heavy (non-hydrogen) atoms. The minimum absolute atomic E-state index is 0.0161. The monoisotopic (exact) mass is 425 g/mol. The molecule has 2 fully saturated rings. The molecule has 3 atom stereocenters. The van der Waals surface area contributed by atoms with Crippen LogP contribution in [0.2, 0.25) is 5.02 Å². The van der Waals surface area contributed by atoms with Crippen LogP contribution in [0, 0.1) is 5.82 Å². The van der Waals surface area contributed by atoms with Crippen molar-refractivity contribution in [3.63, 3.8) is 0 Å². The van der Waals surface area contributed by atoms with Crippen LogP contribution in [0.4, 0.5) is 4.39 Å². The average molecular weight is 426 g/mol. The van der Waals surface area contributed by atoms with E-state index in [1.165, 1.54) is 19.2 Å². The smallest absolute Gasteiger partial charge is 0.258 e. The summed E-state index contributed by atoms with van der Waals surface area (Å²) < 4.78 is 29.5. The first kappa shape index (κ1) is 20.1. The second-order valence-electron chi connectivity index (χ2n) is 7.68. The summed E-state index contributed by atoms with van der Waals surface area (Å²) in [6, 6.07) is 3.98. The molecule has 0 radical (unpaired) electrons. The fourth-order valence-corrected chi connectivity index (χ4v) is 4.55. The van der Waals surface area contributed by atoms with Gasteiger partial charge in [0.25, 0.3) is 5.91 Å². The zero-order valence-electron chi connectivity index (χ0n) is 15.8. The highest BCUT2D eigenvalue weighted by molar-refractivity contribution is 6.30. The Labute approximate surface area is 171 Å². The van der Waals surface area contributed by atoms with Crippen LogP contribution in [0.25, 0.3) is 0 Å². The molecule has 4 rings (SSSR count). The Kier molecular flexibility index (Phi) is 5.22. The van der Waals surface area contributed by atoms with E-state index in [9.17, 15) is 14.3 Å². The second-order valence-corrected chi connectivity index (χ2v) is 8.09. The lowest BCUT2D eigenvalue weighted by Gasteiger charge is -2.31. The molecule has 1 aromatic heterocycles. The number of amides is 1. The number of rotatable bonds is 7. The first-order chi connectivity index (χ1) is 13.9. The highest BCUT2D eigenvalue weighted by Gasteiger charge is 2.63. The number of aliphatic hydroxyl groups is 1. The maximum atomic E-state index is 13.5. The van der Waals surface area contributed by atoms with Crippen LogP contribution in [0.3, 0.4) is 0 Å². The number of carbonyl (C=O) groups excluding carboxylic acids is 1. The van der Waals surface area contributed by atoms with Crippen molar-refractivity contribution < 1.29 is 28.2 Å². The summed E-state index contributed by atoms with van der Waals surface area (Å²) in [5, 5.41) is 21.7. The number of methoxy groups -OCH3 is 1. The molecule has 1 heterocycles. The molecular formula is C19H21ClFN3O5. The number of aromatic nitrogens is 2. The number of carbonyl (C=O) groups is 1. The lowest BCUT2D eigenvalue weighted by Crippen LogP contribution is -2.48. The van der Waals surface area contributed by atoms with Gasteiger partial charge in [-0.05, 0) is 37.8 Å².